The smallest absolute Gasteiger partial charge is 0.117 e. The molecule has 0 aromatic carbocycles. The standard InChI is InChI=1S/C14H28N2O.ClH/c1-4-16-8-6-5-7-13(16)9-14(3)15-10-12(2)11-17-14;/h12-13,15H,4-11H2,1-3H3;1H. The lowest BCUT2D eigenvalue weighted by Gasteiger charge is -2.44. The Balaban J connectivity index is 0.00000162. The van der Waals surface area contributed by atoms with Crippen molar-refractivity contribution in [1.29, 1.82) is 0 Å². The van der Waals surface area contributed by atoms with Gasteiger partial charge in [-0.1, -0.05) is 20.3 Å². The second-order valence-electron chi connectivity index (χ2n) is 6.01. The summed E-state index contributed by atoms with van der Waals surface area (Å²) >= 11 is 0. The third-order valence-corrected chi connectivity index (χ3v) is 4.29. The lowest BCUT2D eigenvalue weighted by molar-refractivity contribution is -0.118. The van der Waals surface area contributed by atoms with Gasteiger partial charge in [0, 0.05) is 19.0 Å². The van der Waals surface area contributed by atoms with Crippen molar-refractivity contribution in [3.8, 4) is 0 Å². The van der Waals surface area contributed by atoms with E-state index < -0.39 is 0 Å². The number of halogens is 1. The van der Waals surface area contributed by atoms with Gasteiger partial charge in [-0.05, 0) is 38.8 Å². The molecule has 0 aromatic rings. The molecule has 0 aromatic heterocycles. The molecule has 0 saturated carbocycles. The van der Waals surface area contributed by atoms with Crippen molar-refractivity contribution < 1.29 is 4.74 Å². The first-order valence-electron chi connectivity index (χ1n) is 7.26. The van der Waals surface area contributed by atoms with Gasteiger partial charge in [0.1, 0.15) is 5.72 Å². The zero-order valence-corrected chi connectivity index (χ0v) is 12.9. The van der Waals surface area contributed by atoms with E-state index in [4.69, 9.17) is 4.74 Å². The minimum Gasteiger partial charge on any atom is -0.361 e. The van der Waals surface area contributed by atoms with Gasteiger partial charge in [0.15, 0.2) is 0 Å². The van der Waals surface area contributed by atoms with Gasteiger partial charge >= 0.3 is 0 Å². The quantitative estimate of drug-likeness (QED) is 0.858. The van der Waals surface area contributed by atoms with Gasteiger partial charge in [-0.15, -0.1) is 12.4 Å². The minimum atomic E-state index is -0.0953. The van der Waals surface area contributed by atoms with Crippen molar-refractivity contribution in [2.24, 2.45) is 5.92 Å². The highest BCUT2D eigenvalue weighted by atomic mass is 35.5. The van der Waals surface area contributed by atoms with Crippen LogP contribution in [-0.2, 0) is 4.74 Å². The van der Waals surface area contributed by atoms with Gasteiger partial charge in [-0.2, -0.15) is 0 Å². The molecule has 1 N–H and O–H groups in total. The Morgan fingerprint density at radius 3 is 2.78 bits per heavy atom. The van der Waals surface area contributed by atoms with Crippen LogP contribution < -0.4 is 5.32 Å². The van der Waals surface area contributed by atoms with Crippen LogP contribution in [0.2, 0.25) is 0 Å². The Hall–Kier alpha value is 0.170. The molecule has 0 amide bonds. The van der Waals surface area contributed by atoms with Gasteiger partial charge in [-0.3, -0.25) is 5.32 Å². The number of ether oxygens (including phenoxy) is 1. The number of hydrogen-bond donors (Lipinski definition) is 1. The topological polar surface area (TPSA) is 24.5 Å². The largest absolute Gasteiger partial charge is 0.361 e. The number of hydrogen-bond acceptors (Lipinski definition) is 3. The van der Waals surface area contributed by atoms with E-state index >= 15 is 0 Å². The Bertz CT molecular complexity index is 242. The van der Waals surface area contributed by atoms with Gasteiger partial charge in [-0.25, -0.2) is 0 Å². The number of piperidine rings is 1. The predicted molar refractivity (Wildman–Crippen MR) is 78.3 cm³/mol. The van der Waals surface area contributed by atoms with Crippen molar-refractivity contribution in [2.45, 2.75) is 58.2 Å². The predicted octanol–water partition coefficient (Wildman–Crippen LogP) is 2.64. The van der Waals surface area contributed by atoms with Crippen LogP contribution in [0.1, 0.15) is 46.5 Å². The van der Waals surface area contributed by atoms with Crippen LogP contribution in [-0.4, -0.2) is 42.9 Å². The second kappa shape index (κ2) is 7.09. The van der Waals surface area contributed by atoms with Crippen LogP contribution in [0.15, 0.2) is 0 Å². The molecule has 2 rings (SSSR count). The first-order valence-corrected chi connectivity index (χ1v) is 7.26. The van der Waals surface area contributed by atoms with Crippen molar-refractivity contribution in [3.63, 3.8) is 0 Å². The Labute approximate surface area is 118 Å². The summed E-state index contributed by atoms with van der Waals surface area (Å²) in [6.07, 6.45) is 5.22. The van der Waals surface area contributed by atoms with Crippen LogP contribution in [0.25, 0.3) is 0 Å². The lowest BCUT2D eigenvalue weighted by atomic mass is 9.93. The number of rotatable bonds is 3. The van der Waals surface area contributed by atoms with Crippen LogP contribution >= 0.6 is 12.4 Å². The van der Waals surface area contributed by atoms with E-state index in [1.807, 2.05) is 0 Å². The summed E-state index contributed by atoms with van der Waals surface area (Å²) in [5, 5.41) is 3.59. The van der Waals surface area contributed by atoms with E-state index in [1.165, 1.54) is 32.4 Å². The van der Waals surface area contributed by atoms with Gasteiger partial charge in [0.05, 0.1) is 6.61 Å². The molecule has 0 spiro atoms. The highest BCUT2D eigenvalue weighted by Gasteiger charge is 2.35. The number of likely N-dealkylation sites (tertiary alicyclic amines) is 1. The molecule has 4 heteroatoms. The van der Waals surface area contributed by atoms with E-state index in [0.717, 1.165) is 19.6 Å². The summed E-state index contributed by atoms with van der Waals surface area (Å²) in [7, 11) is 0. The number of nitrogens with one attached hydrogen (secondary N) is 1. The third kappa shape index (κ3) is 4.09. The van der Waals surface area contributed by atoms with Crippen LogP contribution in [0.4, 0.5) is 0 Å². The van der Waals surface area contributed by atoms with Crippen LogP contribution in [0.3, 0.4) is 0 Å². The zero-order valence-electron chi connectivity index (χ0n) is 12.1. The maximum absolute atomic E-state index is 6.04. The fourth-order valence-corrected chi connectivity index (χ4v) is 3.11. The first-order chi connectivity index (χ1) is 8.13. The molecule has 18 heavy (non-hydrogen) atoms. The molecular formula is C14H29ClN2O. The van der Waals surface area contributed by atoms with Crippen molar-refractivity contribution >= 4 is 12.4 Å². The van der Waals surface area contributed by atoms with E-state index in [-0.39, 0.29) is 18.1 Å². The zero-order chi connectivity index (χ0) is 12.3. The Morgan fingerprint density at radius 1 is 1.39 bits per heavy atom. The molecule has 0 radical (unpaired) electrons. The summed E-state index contributed by atoms with van der Waals surface area (Å²) in [6.45, 7) is 11.2. The van der Waals surface area contributed by atoms with E-state index in [1.54, 1.807) is 0 Å². The maximum Gasteiger partial charge on any atom is 0.117 e. The second-order valence-corrected chi connectivity index (χ2v) is 6.01. The lowest BCUT2D eigenvalue weighted by Crippen LogP contribution is -2.56. The molecule has 2 heterocycles. The third-order valence-electron chi connectivity index (χ3n) is 4.29. The highest BCUT2D eigenvalue weighted by molar-refractivity contribution is 5.85. The molecule has 0 aliphatic carbocycles. The van der Waals surface area contributed by atoms with Gasteiger partial charge in [0.2, 0.25) is 0 Å². The average molecular weight is 277 g/mol. The molecule has 0 bridgehead atoms. The summed E-state index contributed by atoms with van der Waals surface area (Å²) in [4.78, 5) is 2.62. The molecular weight excluding hydrogens is 248 g/mol. The Morgan fingerprint density at radius 2 is 2.17 bits per heavy atom. The Kier molecular flexibility index (Phi) is 6.39. The average Bonchev–Trinajstić information content (AvgIpc) is 2.34. The molecule has 3 atom stereocenters. The van der Waals surface area contributed by atoms with Crippen molar-refractivity contribution in [2.75, 3.05) is 26.2 Å². The molecule has 3 unspecified atom stereocenters. The normalized spacial score (nSPS) is 38.2. The number of nitrogens with zero attached hydrogens (tertiary/aromatic N) is 1. The SMILES string of the molecule is CCN1CCCCC1CC1(C)NCC(C)CO1.Cl. The van der Waals surface area contributed by atoms with Gasteiger partial charge in [0.25, 0.3) is 0 Å². The molecule has 108 valence electrons. The van der Waals surface area contributed by atoms with Crippen LogP contribution in [0, 0.1) is 5.92 Å². The van der Waals surface area contributed by atoms with E-state index in [2.05, 4.69) is 31.0 Å². The van der Waals surface area contributed by atoms with E-state index in [9.17, 15) is 0 Å². The fraction of sp³-hybridized carbons (Fsp3) is 1.00. The summed E-state index contributed by atoms with van der Waals surface area (Å²) in [5.74, 6) is 0.650. The summed E-state index contributed by atoms with van der Waals surface area (Å²) in [5.41, 5.74) is -0.0953. The highest BCUT2D eigenvalue weighted by Crippen LogP contribution is 2.27. The van der Waals surface area contributed by atoms with Crippen molar-refractivity contribution in [3.05, 3.63) is 0 Å². The van der Waals surface area contributed by atoms with Crippen molar-refractivity contribution in [1.82, 2.24) is 10.2 Å². The monoisotopic (exact) mass is 276 g/mol. The molecule has 3 nitrogen and oxygen atoms in total. The van der Waals surface area contributed by atoms with E-state index in [0.29, 0.717) is 12.0 Å². The first kappa shape index (κ1) is 16.2. The maximum atomic E-state index is 6.04. The molecule has 2 saturated heterocycles. The fourth-order valence-electron chi connectivity index (χ4n) is 3.11. The minimum absolute atomic E-state index is 0. The molecule has 2 aliphatic rings. The summed E-state index contributed by atoms with van der Waals surface area (Å²) < 4.78 is 6.04. The summed E-state index contributed by atoms with van der Waals surface area (Å²) in [6, 6.07) is 0.708. The van der Waals surface area contributed by atoms with Crippen LogP contribution in [0.5, 0.6) is 0 Å². The van der Waals surface area contributed by atoms with Gasteiger partial charge < -0.3 is 9.64 Å². The molecule has 2 fully saturated rings. The molecule has 2 aliphatic heterocycles.